The van der Waals surface area contributed by atoms with Gasteiger partial charge in [-0.15, -0.1) is 0 Å². The molecule has 0 aliphatic rings. The van der Waals surface area contributed by atoms with Gasteiger partial charge in [-0.25, -0.2) is 9.97 Å². The van der Waals surface area contributed by atoms with Crippen LogP contribution in [0.25, 0.3) is 33.5 Å². The first-order valence-electron chi connectivity index (χ1n) is 12.6. The molecule has 14 nitrogen and oxygen atoms in total. The van der Waals surface area contributed by atoms with Crippen LogP contribution in [0.5, 0.6) is 17.4 Å². The molecule has 0 aliphatic carbocycles. The lowest BCUT2D eigenvalue weighted by Gasteiger charge is -2.11. The van der Waals surface area contributed by atoms with Crippen molar-refractivity contribution >= 4 is 51.1 Å². The monoisotopic (exact) mass is 612 g/mol. The fourth-order valence-corrected chi connectivity index (χ4v) is 4.54. The lowest BCUT2D eigenvalue weighted by atomic mass is 10.2. The van der Waals surface area contributed by atoms with Crippen LogP contribution >= 0.6 is 11.6 Å². The third kappa shape index (κ3) is 5.28. The summed E-state index contributed by atoms with van der Waals surface area (Å²) in [6, 6.07) is 18.4. The number of hydrogen-bond acceptors (Lipinski definition) is 11. The molecule has 0 N–H and O–H groups in total. The van der Waals surface area contributed by atoms with Crippen molar-refractivity contribution < 1.29 is 23.7 Å². The average molecular weight is 613 g/mol. The Morgan fingerprint density at radius 2 is 1.84 bits per heavy atom. The molecule has 0 bridgehead atoms. The highest BCUT2D eigenvalue weighted by Crippen LogP contribution is 2.40. The Hall–Kier alpha value is -6.15. The van der Waals surface area contributed by atoms with E-state index in [9.17, 15) is 25.0 Å². The van der Waals surface area contributed by atoms with Crippen LogP contribution in [0.1, 0.15) is 5.56 Å². The van der Waals surface area contributed by atoms with E-state index in [0.717, 1.165) is 23.0 Å². The van der Waals surface area contributed by atoms with Crippen LogP contribution in [-0.2, 0) is 0 Å². The van der Waals surface area contributed by atoms with E-state index in [1.165, 1.54) is 25.5 Å². The SMILES string of the molecule is COc1cc(C=Nn2c(-c3cc4cc(Cl)ccc4o3)nc3ccccc3c2=O)cc([N+](=O)[O-])c1Oc1ccc([N+](=O)[O-])cn1. The van der Waals surface area contributed by atoms with Gasteiger partial charge in [0.25, 0.3) is 11.2 Å². The van der Waals surface area contributed by atoms with E-state index in [2.05, 4.69) is 15.1 Å². The third-order valence-electron chi connectivity index (χ3n) is 6.39. The van der Waals surface area contributed by atoms with Crippen molar-refractivity contribution in [1.82, 2.24) is 14.6 Å². The van der Waals surface area contributed by atoms with Crippen molar-refractivity contribution in [2.45, 2.75) is 0 Å². The van der Waals surface area contributed by atoms with Crippen molar-refractivity contribution in [1.29, 1.82) is 0 Å². The second-order valence-corrected chi connectivity index (χ2v) is 9.59. The largest absolute Gasteiger partial charge is 0.493 e. The van der Waals surface area contributed by atoms with Crippen LogP contribution in [0.2, 0.25) is 5.02 Å². The lowest BCUT2D eigenvalue weighted by Crippen LogP contribution is -2.20. The van der Waals surface area contributed by atoms with Crippen LogP contribution in [0.4, 0.5) is 11.4 Å². The van der Waals surface area contributed by atoms with Crippen molar-refractivity contribution in [3.8, 4) is 29.0 Å². The molecule has 3 heterocycles. The zero-order valence-electron chi connectivity index (χ0n) is 22.4. The molecule has 0 fully saturated rings. The summed E-state index contributed by atoms with van der Waals surface area (Å²) in [5, 5.41) is 28.8. The lowest BCUT2D eigenvalue weighted by molar-refractivity contribution is -0.385. The van der Waals surface area contributed by atoms with Gasteiger partial charge in [-0.1, -0.05) is 23.7 Å². The molecule has 3 aromatic heterocycles. The number of methoxy groups -OCH3 is 1. The molecule has 0 saturated heterocycles. The Kier molecular flexibility index (Phi) is 7.16. The molecule has 3 aromatic carbocycles. The summed E-state index contributed by atoms with van der Waals surface area (Å²) in [7, 11) is 1.28. The van der Waals surface area contributed by atoms with Gasteiger partial charge < -0.3 is 13.9 Å². The predicted molar refractivity (Wildman–Crippen MR) is 160 cm³/mol. The van der Waals surface area contributed by atoms with Crippen LogP contribution in [0.15, 0.2) is 93.3 Å². The molecule has 0 radical (unpaired) electrons. The summed E-state index contributed by atoms with van der Waals surface area (Å²) >= 11 is 6.13. The molecule has 0 atom stereocenters. The number of rotatable bonds is 8. The smallest absolute Gasteiger partial charge is 0.316 e. The van der Waals surface area contributed by atoms with Gasteiger partial charge in [-0.05, 0) is 42.5 Å². The zero-order valence-corrected chi connectivity index (χ0v) is 23.2. The maximum absolute atomic E-state index is 13.6. The highest BCUT2D eigenvalue weighted by Gasteiger charge is 2.24. The number of aromatic nitrogens is 3. The Morgan fingerprint density at radius 1 is 1.02 bits per heavy atom. The Bertz CT molecular complexity index is 2190. The fourth-order valence-electron chi connectivity index (χ4n) is 4.36. The van der Waals surface area contributed by atoms with Crippen molar-refractivity contribution in [2.24, 2.45) is 5.10 Å². The van der Waals surface area contributed by atoms with Gasteiger partial charge in [0.2, 0.25) is 17.5 Å². The molecule has 0 unspecified atom stereocenters. The first-order valence-corrected chi connectivity index (χ1v) is 13.0. The average Bonchev–Trinajstić information content (AvgIpc) is 3.44. The molecule has 0 amide bonds. The zero-order chi connectivity index (χ0) is 31.0. The molecular weight excluding hydrogens is 596 g/mol. The number of para-hydroxylation sites is 1. The number of furan rings is 1. The second kappa shape index (κ2) is 11.3. The predicted octanol–water partition coefficient (Wildman–Crippen LogP) is 6.36. The topological polar surface area (TPSA) is 178 Å². The number of nitrogens with zero attached hydrogens (tertiary/aromatic N) is 6. The fraction of sp³-hybridized carbons (Fsp3) is 0.0345. The highest BCUT2D eigenvalue weighted by molar-refractivity contribution is 6.31. The normalized spacial score (nSPS) is 11.3. The first kappa shape index (κ1) is 28.0. The van der Waals surface area contributed by atoms with Crippen LogP contribution in [-0.4, -0.2) is 37.8 Å². The van der Waals surface area contributed by atoms with Crippen molar-refractivity contribution in [2.75, 3.05) is 7.11 Å². The van der Waals surface area contributed by atoms with E-state index in [0.29, 0.717) is 21.5 Å². The Balaban J connectivity index is 1.45. The highest BCUT2D eigenvalue weighted by atomic mass is 35.5. The molecule has 15 heteroatoms. The Morgan fingerprint density at radius 3 is 2.57 bits per heavy atom. The summed E-state index contributed by atoms with van der Waals surface area (Å²) < 4.78 is 17.9. The van der Waals surface area contributed by atoms with Gasteiger partial charge in [0.1, 0.15) is 11.8 Å². The van der Waals surface area contributed by atoms with E-state index in [-0.39, 0.29) is 45.6 Å². The summed E-state index contributed by atoms with van der Waals surface area (Å²) in [6.07, 6.45) is 2.18. The Labute approximate surface area is 250 Å². The maximum Gasteiger partial charge on any atom is 0.316 e. The summed E-state index contributed by atoms with van der Waals surface area (Å²) in [5.74, 6) is -0.154. The minimum atomic E-state index is -0.699. The summed E-state index contributed by atoms with van der Waals surface area (Å²) in [5.41, 5.74) is -0.193. The standard InChI is InChI=1S/C29H17ClN6O8/c1-42-24-11-16(10-22(36(40)41)27(24)44-26-9-7-19(15-31-26)35(38)39)14-32-34-28(33-21-5-3-2-4-20(21)29(34)37)25-13-17-12-18(30)6-8-23(17)43-25/h2-15H,1H3. The van der Waals surface area contributed by atoms with E-state index in [1.54, 1.807) is 48.5 Å². The molecular formula is C29H17ClN6O8. The number of ether oxygens (including phenoxy) is 2. The van der Waals surface area contributed by atoms with Crippen LogP contribution in [0.3, 0.4) is 0 Å². The summed E-state index contributed by atoms with van der Waals surface area (Å²) in [4.78, 5) is 43.6. The molecule has 0 saturated carbocycles. The van der Waals surface area contributed by atoms with Gasteiger partial charge in [-0.2, -0.15) is 9.78 Å². The van der Waals surface area contributed by atoms with E-state index in [4.69, 9.17) is 25.5 Å². The first-order chi connectivity index (χ1) is 21.2. The summed E-state index contributed by atoms with van der Waals surface area (Å²) in [6.45, 7) is 0. The van der Waals surface area contributed by atoms with Gasteiger partial charge >= 0.3 is 5.69 Å². The number of halogens is 1. The van der Waals surface area contributed by atoms with Crippen LogP contribution < -0.4 is 15.0 Å². The van der Waals surface area contributed by atoms with Gasteiger partial charge in [0.15, 0.2) is 11.5 Å². The van der Waals surface area contributed by atoms with Gasteiger partial charge in [0, 0.05) is 34.2 Å². The van der Waals surface area contributed by atoms with E-state index in [1.807, 2.05) is 0 Å². The minimum Gasteiger partial charge on any atom is -0.493 e. The number of nitro groups is 2. The molecule has 44 heavy (non-hydrogen) atoms. The number of hydrogen-bond donors (Lipinski definition) is 0. The number of benzene rings is 3. The van der Waals surface area contributed by atoms with Gasteiger partial charge in [0.05, 0.1) is 34.1 Å². The van der Waals surface area contributed by atoms with Crippen molar-refractivity contribution in [3.05, 3.63) is 120 Å². The van der Waals surface area contributed by atoms with Crippen molar-refractivity contribution in [3.63, 3.8) is 0 Å². The van der Waals surface area contributed by atoms with E-state index >= 15 is 0 Å². The number of pyridine rings is 1. The molecule has 6 rings (SSSR count). The minimum absolute atomic E-state index is 0.0563. The quantitative estimate of drug-likeness (QED) is 0.107. The second-order valence-electron chi connectivity index (χ2n) is 9.15. The third-order valence-corrected chi connectivity index (χ3v) is 6.62. The van der Waals surface area contributed by atoms with Gasteiger partial charge in [-0.3, -0.25) is 25.0 Å². The number of nitro benzene ring substituents is 1. The maximum atomic E-state index is 13.6. The van der Waals surface area contributed by atoms with Crippen LogP contribution in [0, 0.1) is 20.2 Å². The molecule has 218 valence electrons. The number of fused-ring (bicyclic) bond motifs is 2. The molecule has 6 aromatic rings. The molecule has 0 aliphatic heterocycles. The van der Waals surface area contributed by atoms with E-state index < -0.39 is 21.1 Å². The molecule has 0 spiro atoms.